The summed E-state index contributed by atoms with van der Waals surface area (Å²) in [5.74, 6) is -5.66. The second kappa shape index (κ2) is 29.3. The first-order valence-corrected chi connectivity index (χ1v) is 53.8. The lowest BCUT2D eigenvalue weighted by molar-refractivity contribution is -0.260. The largest absolute Gasteiger partial charge is 0.756 e. The molecule has 6 saturated heterocycles. The highest BCUT2D eigenvalue weighted by Crippen LogP contribution is 2.83. The molecule has 36 atom stereocenters. The van der Waals surface area contributed by atoms with Crippen molar-refractivity contribution in [1.82, 2.24) is 67.3 Å². The molecule has 754 valence electrons. The summed E-state index contributed by atoms with van der Waals surface area (Å²) >= 11 is 0. The van der Waals surface area contributed by atoms with Gasteiger partial charge >= 0.3 is 28.4 Å². The number of imidazole rings is 1. The van der Waals surface area contributed by atoms with Crippen molar-refractivity contribution >= 4 is 69.7 Å². The minimum atomic E-state index is -6.17. The SMILES string of the molecule is COP(=O)([O-])O[C@]12C[C@@H]1CC1(OP(=O)([O-])O[C@]34C[C@@H]3CC3(OP(=O)([O-])O[C@]56C[C@@H]5CC5(OP(=O)([O-])O[C@]78C[C@@H]7CC7(OP(=O)([O-])O[C@]9%10C[C@@H]9CC9(OP(=O)([O-])O[C@]%11%12C[C@@H]%11CC%11(O)C[C@H](n%13cnc%14c(N)ncnc%14%13)O[C@@H]%11%12)C[C@H](n%11cc(C)c(=O)[nH]c%11=O)O[C@@H]9%10)C[C@H](n9ccc(N)nc9=O)O[C@@H]78)C[C@H](n7cc(C)c(=O)[nH]c7=O)O[C@@H]56)C[C@H](n5cc(C)c(=O)[nH]c5=O)O[C@@H]34)C[C@H](n3cc(C)c(=O)[nH]c3=O)O[C@@H]12. The molecule has 62 heteroatoms. The topological polar surface area (TPSA) is 777 Å². The molecule has 0 bridgehead atoms. The Hall–Kier alpha value is -7.87. The van der Waals surface area contributed by atoms with Crippen LogP contribution in [-0.2, 0) is 110 Å². The van der Waals surface area contributed by atoms with Gasteiger partial charge in [0.05, 0.1) is 11.9 Å². The standard InChI is InChI=1S/C78H92N16O40P6/c1-32-26-90(63(100)85-52(32)95)45-22-69(9-37-15-74(37,57(69)120-45)129-135(105,106)117-5)126-138(111,112)133-77-18-40(77)13-72(25-48(123-61(72)77)93-29-35(4)55(98)88-66(93)103)128-140(115,116)134-78-19-41(78)12-71(24-47(122-60(71)78)92-28-34(3)54(97)87-65(92)102)127-139(113,114)131-75-16-38(75)10-68(21-44(119-58(68)75)89-7-6-42(79)84-62(89)99)124-137(109,110)132-76-17-39(76)11-70(23-46(121-59(70)76)91-27-33(2)53(96)86-64(91)101)125-136(107,108)130-73-14-36(73)8-67(104)20-43(118-56(67)73)94-31-83-49-50(80)81-30-82-51(49)94/h6-7,26-31,36-41,43-48,56-61,104H,8-25H2,1-5H3,(H,105,106)(H,107,108)(H,109,110)(H,111,112)(H,113,114)(H,115,116)(H2,79,84,99)(H2,80,81,82)(H,85,95,100)(H,86,96,101)(H,87,97,102)(H,88,98,103)/p-6/t36-,37-,38-,39-,40-,41-,43+,44+,45+,46+,47+,48+,56-,57-,58-,59-,60-,61-,67?,68?,69?,70?,71?,72?,73+,74+,75+,76+,77+,78+/m0/s1. The van der Waals surface area contributed by atoms with Crippen LogP contribution >= 0.6 is 46.9 Å². The van der Waals surface area contributed by atoms with Crippen molar-refractivity contribution in [1.29, 1.82) is 0 Å². The van der Waals surface area contributed by atoms with Crippen LogP contribution in [0, 0.1) is 63.2 Å². The quantitative estimate of drug-likeness (QED) is 0.0237. The molecular formula is C78H86N16O40P6-6. The number of hydrogen-bond donors (Lipinski definition) is 7. The van der Waals surface area contributed by atoms with Crippen LogP contribution in [0.4, 0.5) is 11.6 Å². The highest BCUT2D eigenvalue weighted by molar-refractivity contribution is 7.47. The Bertz CT molecular complexity index is 7560. The lowest BCUT2D eigenvalue weighted by Gasteiger charge is -2.43. The van der Waals surface area contributed by atoms with Gasteiger partial charge in [-0.25, -0.2) is 38.9 Å². The van der Waals surface area contributed by atoms with E-state index in [4.69, 9.17) is 89.6 Å². The monoisotopic (exact) mass is 2070 g/mol. The molecule has 0 amide bonds. The summed E-state index contributed by atoms with van der Waals surface area (Å²) in [6.45, 7) is 5.40. The number of aryl methyl sites for hydroxylation is 4. The van der Waals surface area contributed by atoms with Crippen LogP contribution in [0.25, 0.3) is 11.2 Å². The molecule has 0 radical (unpaired) electrons. The zero-order valence-electron chi connectivity index (χ0n) is 73.9. The number of phosphoric ester groups is 6. The summed E-state index contributed by atoms with van der Waals surface area (Å²) in [5, 5.41) is 12.2. The third-order valence-electron chi connectivity index (χ3n) is 32.6. The lowest BCUT2D eigenvalue weighted by atomic mass is 9.92. The van der Waals surface area contributed by atoms with Gasteiger partial charge in [0.2, 0.25) is 0 Å². The average molecular weight is 2070 g/mol. The Balaban J connectivity index is 0.500. The number of hydrogen-bond acceptors (Lipinski definition) is 46. The molecule has 13 heterocycles. The van der Waals surface area contributed by atoms with Crippen molar-refractivity contribution in [3.63, 3.8) is 0 Å². The predicted octanol–water partition coefficient (Wildman–Crippen LogP) is -2.55. The first-order chi connectivity index (χ1) is 65.6. The van der Waals surface area contributed by atoms with E-state index < -0.39 is 326 Å². The Morgan fingerprint density at radius 3 is 0.950 bits per heavy atom. The summed E-state index contributed by atoms with van der Waals surface area (Å²) < 4.78 is 208. The predicted molar refractivity (Wildman–Crippen MR) is 444 cm³/mol. The zero-order valence-corrected chi connectivity index (χ0v) is 79.3. The minimum Gasteiger partial charge on any atom is -0.756 e. The number of aromatic amines is 4. The molecule has 7 aromatic rings. The van der Waals surface area contributed by atoms with Crippen LogP contribution in [0.15, 0.2) is 92.9 Å². The highest BCUT2D eigenvalue weighted by atomic mass is 31.2. The third kappa shape index (κ3) is 13.9. The first-order valence-electron chi connectivity index (χ1n) is 45.0. The molecule has 6 aliphatic heterocycles. The van der Waals surface area contributed by atoms with Crippen molar-refractivity contribution in [2.75, 3.05) is 18.6 Å². The van der Waals surface area contributed by atoms with E-state index in [1.54, 1.807) is 0 Å². The Kier molecular flexibility index (Phi) is 19.5. The van der Waals surface area contributed by atoms with Gasteiger partial charge in [-0.05, 0) is 146 Å². The fraction of sp³-hybridized carbons (Fsp3) is 0.679. The summed E-state index contributed by atoms with van der Waals surface area (Å²) in [5.41, 5.74) is -21.3. The summed E-state index contributed by atoms with van der Waals surface area (Å²) in [4.78, 5) is 235. The van der Waals surface area contributed by atoms with E-state index >= 15 is 47.3 Å². The molecule has 25 rings (SSSR count). The van der Waals surface area contributed by atoms with Crippen LogP contribution in [0.5, 0.6) is 0 Å². The van der Waals surface area contributed by atoms with E-state index in [-0.39, 0.29) is 109 Å². The van der Waals surface area contributed by atoms with E-state index in [0.717, 1.165) is 60.9 Å². The van der Waals surface area contributed by atoms with Gasteiger partial charge in [-0.2, -0.15) is 4.98 Å². The molecule has 12 aliphatic carbocycles. The van der Waals surface area contributed by atoms with E-state index in [0.29, 0.717) is 0 Å². The maximum absolute atomic E-state index is 15.7. The Morgan fingerprint density at radius 2 is 0.643 bits per heavy atom. The van der Waals surface area contributed by atoms with Gasteiger partial charge < -0.3 is 129 Å². The number of nitrogens with one attached hydrogen (secondary N) is 4. The number of anilines is 2. The number of H-pyrrole nitrogens is 4. The van der Waals surface area contributed by atoms with E-state index in [1.165, 1.54) is 51.0 Å². The second-order valence-electron chi connectivity index (χ2n) is 41.2. The van der Waals surface area contributed by atoms with Crippen molar-refractivity contribution in [2.45, 2.75) is 284 Å². The van der Waals surface area contributed by atoms with Crippen molar-refractivity contribution in [3.05, 3.63) is 166 Å². The van der Waals surface area contributed by atoms with E-state index in [1.807, 2.05) is 0 Å². The number of aromatic nitrogens is 14. The van der Waals surface area contributed by atoms with Gasteiger partial charge in [0.25, 0.3) is 69.2 Å². The number of phosphoric acid groups is 6. The minimum absolute atomic E-state index is 0.000389. The molecule has 7 aromatic heterocycles. The second-order valence-corrected chi connectivity index (χ2v) is 49.0. The molecule has 18 aliphatic rings. The highest BCUT2D eigenvalue weighted by Gasteiger charge is 2.87. The number of rotatable bonds is 29. The molecule has 0 aromatic carbocycles. The normalized spacial score (nSPS) is 44.0. The molecule has 56 nitrogen and oxygen atoms in total. The lowest BCUT2D eigenvalue weighted by Crippen LogP contribution is -2.49. The van der Waals surface area contributed by atoms with Gasteiger partial charge in [0.1, 0.15) is 153 Å². The van der Waals surface area contributed by atoms with Crippen molar-refractivity contribution in [2.24, 2.45) is 35.5 Å². The van der Waals surface area contributed by atoms with Crippen LogP contribution < -0.4 is 91.5 Å². The summed E-state index contributed by atoms with van der Waals surface area (Å²) in [6.07, 6.45) is -17.1. The van der Waals surface area contributed by atoms with Gasteiger partial charge in [-0.3, -0.25) is 93.9 Å². The Labute approximate surface area is 782 Å². The van der Waals surface area contributed by atoms with E-state index in [9.17, 15) is 57.7 Å². The van der Waals surface area contributed by atoms with Crippen LogP contribution in [0.3, 0.4) is 0 Å². The number of fused-ring (bicyclic) bond motifs is 19. The Morgan fingerprint density at radius 1 is 0.364 bits per heavy atom. The summed E-state index contributed by atoms with van der Waals surface area (Å²) in [7, 11) is -34.5. The van der Waals surface area contributed by atoms with Gasteiger partial charge in [0, 0.05) is 98.9 Å². The van der Waals surface area contributed by atoms with Crippen LogP contribution in [0.2, 0.25) is 0 Å². The van der Waals surface area contributed by atoms with Crippen LogP contribution in [0.1, 0.15) is 175 Å². The van der Waals surface area contributed by atoms with Crippen molar-refractivity contribution < 1.29 is 145 Å². The van der Waals surface area contributed by atoms with Crippen LogP contribution in [-0.4, -0.2) is 183 Å². The number of nitrogens with zero attached hydrogens (tertiary/aromatic N) is 10. The van der Waals surface area contributed by atoms with E-state index in [2.05, 4.69) is 44.4 Å². The van der Waals surface area contributed by atoms with Gasteiger partial charge in [-0.15, -0.1) is 0 Å². The summed E-state index contributed by atoms with van der Waals surface area (Å²) in [6, 6.07) is 1.20. The average Bonchev–Trinajstić information content (AvgIpc) is 1.49. The third-order valence-corrected chi connectivity index (χ3v) is 39.4. The molecular weight excluding hydrogens is 1990 g/mol. The molecule has 12 saturated carbocycles. The maximum Gasteiger partial charge on any atom is 0.351 e. The smallest absolute Gasteiger partial charge is 0.351 e. The van der Waals surface area contributed by atoms with Crippen molar-refractivity contribution in [3.8, 4) is 0 Å². The number of nitrogens with two attached hydrogens (primary N) is 2. The first kappa shape index (κ1) is 93.2. The number of ether oxygens (including phenoxy) is 6. The fourth-order valence-electron chi connectivity index (χ4n) is 26.8. The van der Waals surface area contributed by atoms with Gasteiger partial charge in [0.15, 0.2) is 11.5 Å². The molecule has 9 N–H and O–H groups in total. The molecule has 140 heavy (non-hydrogen) atoms. The fourth-order valence-corrected chi connectivity index (χ4v) is 34.9. The molecule has 12 unspecified atom stereocenters. The molecule has 18 fully saturated rings. The number of nitrogen functional groups attached to an aromatic ring is 2. The maximum atomic E-state index is 15.7. The zero-order chi connectivity index (χ0) is 98.4. The van der Waals surface area contributed by atoms with Gasteiger partial charge in [-0.1, -0.05) is 0 Å². The number of aliphatic hydroxyl groups is 1. The molecule has 0 spiro atoms.